The Balaban J connectivity index is 1.08. The Bertz CT molecular complexity index is 3320. The van der Waals surface area contributed by atoms with E-state index in [4.69, 9.17) is 0 Å². The summed E-state index contributed by atoms with van der Waals surface area (Å²) in [5, 5.41) is 10.2. The fraction of sp³-hybridized carbons (Fsp3) is 0. The normalized spacial score (nSPS) is 12.2. The minimum Gasteiger partial charge on any atom is -0.309 e. The average Bonchev–Trinajstić information content (AvgIpc) is 3.94. The van der Waals surface area contributed by atoms with Gasteiger partial charge in [0.2, 0.25) is 0 Å². The van der Waals surface area contributed by atoms with Crippen LogP contribution in [0, 0.1) is 0 Å². The van der Waals surface area contributed by atoms with Crippen molar-refractivity contribution in [3.8, 4) is 17.1 Å². The zero-order chi connectivity index (χ0) is 33.9. The molecule has 0 unspecified atom stereocenters. The van der Waals surface area contributed by atoms with Gasteiger partial charge in [0.1, 0.15) is 0 Å². The van der Waals surface area contributed by atoms with Crippen molar-refractivity contribution in [3.05, 3.63) is 176 Å². The summed E-state index contributed by atoms with van der Waals surface area (Å²) in [6, 6.07) is 64.6. The third kappa shape index (κ3) is 3.74. The molecule has 0 atom stereocenters. The summed E-state index contributed by atoms with van der Waals surface area (Å²) >= 11 is 1.88. The van der Waals surface area contributed by atoms with Crippen molar-refractivity contribution in [2.24, 2.45) is 0 Å². The van der Waals surface area contributed by atoms with Gasteiger partial charge in [0.25, 0.3) is 0 Å². The number of aromatic nitrogens is 3. The molecule has 0 saturated heterocycles. The first-order valence-corrected chi connectivity index (χ1v) is 18.6. The van der Waals surface area contributed by atoms with E-state index in [0.29, 0.717) is 0 Å². The highest BCUT2D eigenvalue weighted by atomic mass is 32.1. The van der Waals surface area contributed by atoms with Crippen molar-refractivity contribution in [1.29, 1.82) is 0 Å². The number of thiophene rings is 1. The van der Waals surface area contributed by atoms with Crippen LogP contribution in [0.15, 0.2) is 176 Å². The minimum atomic E-state index is 1.17. The van der Waals surface area contributed by atoms with Gasteiger partial charge in [-0.05, 0) is 72.8 Å². The molecule has 0 aliphatic rings. The molecule has 0 N–H and O–H groups in total. The van der Waals surface area contributed by atoms with Crippen LogP contribution in [-0.4, -0.2) is 13.7 Å². The second kappa shape index (κ2) is 10.5. The van der Waals surface area contributed by atoms with Crippen LogP contribution in [0.4, 0.5) is 0 Å². The van der Waals surface area contributed by atoms with E-state index in [1.807, 2.05) is 11.3 Å². The number of hydrogen-bond acceptors (Lipinski definition) is 1. The van der Waals surface area contributed by atoms with E-state index in [-0.39, 0.29) is 0 Å². The molecule has 0 aliphatic carbocycles. The van der Waals surface area contributed by atoms with Crippen LogP contribution >= 0.6 is 11.3 Å². The smallest absolute Gasteiger partial charge is 0.0555 e. The van der Waals surface area contributed by atoms with E-state index in [0.717, 1.165) is 0 Å². The maximum Gasteiger partial charge on any atom is 0.0555 e. The van der Waals surface area contributed by atoms with E-state index in [1.165, 1.54) is 103 Å². The molecule has 4 heterocycles. The van der Waals surface area contributed by atoms with Gasteiger partial charge in [0, 0.05) is 63.9 Å². The molecule has 8 aromatic carbocycles. The largest absolute Gasteiger partial charge is 0.309 e. The molecule has 12 aromatic rings. The molecule has 12 rings (SSSR count). The Morgan fingerprint density at radius 2 is 0.731 bits per heavy atom. The van der Waals surface area contributed by atoms with E-state index in [1.54, 1.807) is 0 Å². The van der Waals surface area contributed by atoms with Gasteiger partial charge in [-0.1, -0.05) is 103 Å². The highest BCUT2D eigenvalue weighted by Gasteiger charge is 2.19. The van der Waals surface area contributed by atoms with Gasteiger partial charge in [-0.15, -0.1) is 11.3 Å². The fourth-order valence-corrected chi connectivity index (χ4v) is 10.0. The number of benzene rings is 8. The molecule has 0 fully saturated rings. The summed E-state index contributed by atoms with van der Waals surface area (Å²) in [5.41, 5.74) is 10.9. The van der Waals surface area contributed by atoms with Crippen LogP contribution in [0.2, 0.25) is 0 Å². The van der Waals surface area contributed by atoms with Crippen LogP contribution in [0.5, 0.6) is 0 Å². The molecule has 0 bridgehead atoms. The molecule has 4 aromatic heterocycles. The Hall–Kier alpha value is -6.62. The summed E-state index contributed by atoms with van der Waals surface area (Å²) < 4.78 is 9.89. The molecule has 3 nitrogen and oxygen atoms in total. The van der Waals surface area contributed by atoms with Crippen molar-refractivity contribution in [3.63, 3.8) is 0 Å². The molecule has 0 amide bonds. The van der Waals surface area contributed by atoms with E-state index >= 15 is 0 Å². The first-order chi connectivity index (χ1) is 25.8. The van der Waals surface area contributed by atoms with E-state index in [9.17, 15) is 0 Å². The molecule has 52 heavy (non-hydrogen) atoms. The van der Waals surface area contributed by atoms with Gasteiger partial charge in [-0.2, -0.15) is 0 Å². The second-order valence-corrected chi connectivity index (χ2v) is 14.8. The topological polar surface area (TPSA) is 14.8 Å². The van der Waals surface area contributed by atoms with Crippen LogP contribution < -0.4 is 0 Å². The second-order valence-electron chi connectivity index (χ2n) is 13.7. The third-order valence-corrected chi connectivity index (χ3v) is 12.2. The van der Waals surface area contributed by atoms with Crippen molar-refractivity contribution >= 4 is 96.9 Å². The number of hydrogen-bond donors (Lipinski definition) is 0. The maximum atomic E-state index is 2.45. The molecule has 242 valence electrons. The van der Waals surface area contributed by atoms with Crippen molar-refractivity contribution in [2.45, 2.75) is 0 Å². The SMILES string of the molecule is c1cc(-n2c3ccccc3c3ccccc32)c2c(c1)sc1cc(-n3c4ccccc4c4cc(-n5c6ccccc6c6ccccc65)ccc43)ccc12. The first-order valence-electron chi connectivity index (χ1n) is 17.8. The lowest BCUT2D eigenvalue weighted by Crippen LogP contribution is -1.96. The molecule has 0 saturated carbocycles. The molecule has 0 spiro atoms. The predicted octanol–water partition coefficient (Wildman–Crippen LogP) is 13.3. The van der Waals surface area contributed by atoms with Crippen LogP contribution in [0.3, 0.4) is 0 Å². The predicted molar refractivity (Wildman–Crippen MR) is 222 cm³/mol. The number of nitrogens with zero attached hydrogens (tertiary/aromatic N) is 3. The number of para-hydroxylation sites is 5. The highest BCUT2D eigenvalue weighted by Crippen LogP contribution is 2.43. The van der Waals surface area contributed by atoms with Crippen LogP contribution in [0.25, 0.3) is 103 Å². The fourth-order valence-electron chi connectivity index (χ4n) is 8.88. The lowest BCUT2D eigenvalue weighted by molar-refractivity contribution is 1.17. The van der Waals surface area contributed by atoms with Gasteiger partial charge in [-0.3, -0.25) is 0 Å². The standard InChI is InChI=1S/C48H29N3S/c1-6-17-39-32(12-1)33-13-2-7-18-40(33)49(39)30-25-27-44-38(28-30)36-16-5-8-19-41(36)50(44)31-24-26-37-47(29-31)52-46-23-11-22-45(48(37)46)51-42-20-9-3-14-34(42)35-15-4-10-21-43(35)51/h1-29H. The summed E-state index contributed by atoms with van der Waals surface area (Å²) in [5.74, 6) is 0. The third-order valence-electron chi connectivity index (χ3n) is 11.0. The van der Waals surface area contributed by atoms with E-state index < -0.39 is 0 Å². The minimum absolute atomic E-state index is 1.17. The van der Waals surface area contributed by atoms with Crippen molar-refractivity contribution in [1.82, 2.24) is 13.7 Å². The van der Waals surface area contributed by atoms with Crippen LogP contribution in [-0.2, 0) is 0 Å². The summed E-state index contributed by atoms with van der Waals surface area (Å²) in [4.78, 5) is 0. The molecule has 0 aliphatic heterocycles. The Labute approximate surface area is 302 Å². The van der Waals surface area contributed by atoms with Crippen molar-refractivity contribution < 1.29 is 0 Å². The summed E-state index contributed by atoms with van der Waals surface area (Å²) in [6.45, 7) is 0. The van der Waals surface area contributed by atoms with Gasteiger partial charge in [0.15, 0.2) is 0 Å². The highest BCUT2D eigenvalue weighted by molar-refractivity contribution is 7.26. The Morgan fingerprint density at radius 3 is 1.29 bits per heavy atom. The maximum absolute atomic E-state index is 2.45. The number of fused-ring (bicyclic) bond motifs is 12. The van der Waals surface area contributed by atoms with Gasteiger partial charge in [-0.25, -0.2) is 0 Å². The monoisotopic (exact) mass is 679 g/mol. The van der Waals surface area contributed by atoms with Gasteiger partial charge < -0.3 is 13.7 Å². The first kappa shape index (κ1) is 28.1. The Kier molecular flexibility index (Phi) is 5.65. The zero-order valence-electron chi connectivity index (χ0n) is 28.0. The van der Waals surface area contributed by atoms with Crippen LogP contribution in [0.1, 0.15) is 0 Å². The molecule has 0 radical (unpaired) electrons. The zero-order valence-corrected chi connectivity index (χ0v) is 28.8. The van der Waals surface area contributed by atoms with Gasteiger partial charge in [0.05, 0.1) is 38.8 Å². The molecular weight excluding hydrogens is 651 g/mol. The van der Waals surface area contributed by atoms with E-state index in [2.05, 4.69) is 190 Å². The summed E-state index contributed by atoms with van der Waals surface area (Å²) in [7, 11) is 0. The lowest BCUT2D eigenvalue weighted by atomic mass is 10.1. The number of rotatable bonds is 3. The molecule has 4 heteroatoms. The van der Waals surface area contributed by atoms with Gasteiger partial charge >= 0.3 is 0 Å². The van der Waals surface area contributed by atoms with Crippen molar-refractivity contribution in [2.75, 3.05) is 0 Å². The quantitative estimate of drug-likeness (QED) is 0.177. The summed E-state index contributed by atoms with van der Waals surface area (Å²) in [6.07, 6.45) is 0. The Morgan fingerprint density at radius 1 is 0.288 bits per heavy atom. The lowest BCUT2D eigenvalue weighted by Gasteiger charge is -2.11. The average molecular weight is 680 g/mol. The molecular formula is C48H29N3S.